The quantitative estimate of drug-likeness (QED) is 0.115. The van der Waals surface area contributed by atoms with E-state index in [-0.39, 0.29) is 33.4 Å². The number of halogens is 2. The number of ether oxygens (including phenoxy) is 2. The van der Waals surface area contributed by atoms with Crippen LogP contribution < -0.4 is 9.04 Å². The molecule has 0 fully saturated rings. The molecule has 3 rings (SSSR count). The minimum Gasteiger partial charge on any atom is -0.478 e. The van der Waals surface area contributed by atoms with Crippen LogP contribution in [0.5, 0.6) is 5.88 Å². The zero-order chi connectivity index (χ0) is 27.9. The summed E-state index contributed by atoms with van der Waals surface area (Å²) in [5.41, 5.74) is 0.718. The number of aliphatic hydroxyl groups excluding tert-OH is 1. The number of benzene rings is 1. The van der Waals surface area contributed by atoms with E-state index < -0.39 is 24.2 Å². The van der Waals surface area contributed by atoms with Crippen LogP contribution in [0.1, 0.15) is 11.7 Å². The monoisotopic (exact) mass is 616 g/mol. The molecule has 0 saturated heterocycles. The Kier molecular flexibility index (Phi) is 10.8. The number of aliphatic hydroxyl groups is 1. The summed E-state index contributed by atoms with van der Waals surface area (Å²) in [6.07, 6.45) is 3.88. The molecule has 2 aromatic heterocycles. The van der Waals surface area contributed by atoms with Crippen LogP contribution in [0.3, 0.4) is 0 Å². The smallest absolute Gasteiger partial charge is 0.269 e. The topological polar surface area (TPSA) is 115 Å². The highest BCUT2D eigenvalue weighted by Crippen LogP contribution is 2.36. The SMILES string of the molecule is COc1nc(SCC(O)c2ccncc2)cnc1N(COCC[Si](C)(C)C)S(=O)(=O)c1cccc(Cl)c1Cl. The average molecular weight is 618 g/mol. The third-order valence-corrected chi connectivity index (χ3v) is 10.7. The van der Waals surface area contributed by atoms with E-state index in [1.165, 1.54) is 43.3 Å². The van der Waals surface area contributed by atoms with Crippen molar-refractivity contribution < 1.29 is 23.0 Å². The summed E-state index contributed by atoms with van der Waals surface area (Å²) in [6, 6.07) is 8.67. The van der Waals surface area contributed by atoms with Crippen LogP contribution in [0.4, 0.5) is 5.82 Å². The molecule has 9 nitrogen and oxygen atoms in total. The molecule has 0 aliphatic rings. The summed E-state index contributed by atoms with van der Waals surface area (Å²) in [4.78, 5) is 12.6. The Morgan fingerprint density at radius 1 is 1.16 bits per heavy atom. The molecular formula is C24H30Cl2N4O5S2Si. The van der Waals surface area contributed by atoms with Gasteiger partial charge in [-0.1, -0.05) is 48.9 Å². The number of aromatic nitrogens is 3. The molecule has 0 amide bonds. The molecule has 14 heteroatoms. The molecule has 2 heterocycles. The second kappa shape index (κ2) is 13.4. The van der Waals surface area contributed by atoms with Crippen LogP contribution in [0.25, 0.3) is 0 Å². The van der Waals surface area contributed by atoms with Gasteiger partial charge in [-0.05, 0) is 35.9 Å². The molecule has 1 unspecified atom stereocenters. The summed E-state index contributed by atoms with van der Waals surface area (Å²) in [5, 5.41) is 10.9. The molecule has 0 aliphatic heterocycles. The first-order valence-corrected chi connectivity index (χ1v) is 18.5. The number of anilines is 1. The van der Waals surface area contributed by atoms with Crippen LogP contribution in [-0.2, 0) is 14.8 Å². The first-order chi connectivity index (χ1) is 17.9. The van der Waals surface area contributed by atoms with Crippen LogP contribution in [0, 0.1) is 0 Å². The highest BCUT2D eigenvalue weighted by molar-refractivity contribution is 7.99. The van der Waals surface area contributed by atoms with Gasteiger partial charge in [0, 0.05) is 32.8 Å². The molecule has 0 radical (unpaired) electrons. The van der Waals surface area contributed by atoms with Crippen LogP contribution in [-0.4, -0.2) is 62.8 Å². The zero-order valence-corrected chi connectivity index (χ0v) is 25.6. The fourth-order valence-corrected chi connectivity index (χ4v) is 6.74. The van der Waals surface area contributed by atoms with Gasteiger partial charge in [-0.25, -0.2) is 22.7 Å². The maximum absolute atomic E-state index is 13.8. The van der Waals surface area contributed by atoms with Crippen molar-refractivity contribution in [1.82, 2.24) is 15.0 Å². The van der Waals surface area contributed by atoms with Crippen molar-refractivity contribution in [3.63, 3.8) is 0 Å². The third-order valence-electron chi connectivity index (χ3n) is 5.30. The summed E-state index contributed by atoms with van der Waals surface area (Å²) in [6.45, 7) is 6.66. The number of methoxy groups -OCH3 is 1. The van der Waals surface area contributed by atoms with Gasteiger partial charge in [-0.15, -0.1) is 11.8 Å². The fourth-order valence-electron chi connectivity index (χ4n) is 3.15. The van der Waals surface area contributed by atoms with Gasteiger partial charge in [0.05, 0.1) is 29.5 Å². The average Bonchev–Trinajstić information content (AvgIpc) is 2.88. The number of nitrogens with zero attached hydrogens (tertiary/aromatic N) is 4. The van der Waals surface area contributed by atoms with E-state index in [2.05, 4.69) is 34.6 Å². The molecule has 1 aromatic carbocycles. The Morgan fingerprint density at radius 3 is 2.53 bits per heavy atom. The molecule has 0 bridgehead atoms. The molecule has 0 saturated carbocycles. The molecule has 1 N–H and O–H groups in total. The molecule has 1 atom stereocenters. The van der Waals surface area contributed by atoms with E-state index >= 15 is 0 Å². The van der Waals surface area contributed by atoms with Gasteiger partial charge in [-0.3, -0.25) is 4.98 Å². The second-order valence-electron chi connectivity index (χ2n) is 9.40. The van der Waals surface area contributed by atoms with Gasteiger partial charge in [0.2, 0.25) is 5.82 Å². The van der Waals surface area contributed by atoms with Crippen LogP contribution in [0.15, 0.2) is 58.8 Å². The molecule has 3 aromatic rings. The predicted molar refractivity (Wildman–Crippen MR) is 154 cm³/mol. The normalized spacial score (nSPS) is 12.8. The van der Waals surface area contributed by atoms with Crippen LogP contribution >= 0.6 is 35.0 Å². The Morgan fingerprint density at radius 2 is 1.87 bits per heavy atom. The lowest BCUT2D eigenvalue weighted by atomic mass is 10.2. The minimum absolute atomic E-state index is 0.0241. The molecule has 0 aliphatic carbocycles. The molecule has 38 heavy (non-hydrogen) atoms. The summed E-state index contributed by atoms with van der Waals surface area (Å²) >= 11 is 13.6. The first kappa shape index (κ1) is 30.6. The molecular weight excluding hydrogens is 587 g/mol. The fraction of sp³-hybridized carbons (Fsp3) is 0.375. The lowest BCUT2D eigenvalue weighted by molar-refractivity contribution is 0.155. The predicted octanol–water partition coefficient (Wildman–Crippen LogP) is 5.52. The summed E-state index contributed by atoms with van der Waals surface area (Å²) in [5.74, 6) is 0.209. The number of thioether (sulfide) groups is 1. The lowest BCUT2D eigenvalue weighted by Gasteiger charge is -2.25. The zero-order valence-electron chi connectivity index (χ0n) is 21.5. The second-order valence-corrected chi connectivity index (χ2v) is 18.7. The molecule has 0 spiro atoms. The number of hydrogen-bond donors (Lipinski definition) is 1. The maximum atomic E-state index is 13.8. The standard InChI is InChI=1S/C24H30Cl2N4O5S2Si/c1-34-24-23(28-14-21(29-24)36-15-19(31)17-8-10-27-11-9-17)30(16-35-12-13-38(2,3)4)37(32,33)20-7-5-6-18(25)22(20)26/h5-11,14,19,31H,12-13,15-16H2,1-4H3. The van der Waals surface area contributed by atoms with E-state index in [4.69, 9.17) is 32.7 Å². The van der Waals surface area contributed by atoms with Crippen molar-refractivity contribution in [2.45, 2.75) is 41.7 Å². The molecule has 206 valence electrons. The van der Waals surface area contributed by atoms with Gasteiger partial charge < -0.3 is 14.6 Å². The highest BCUT2D eigenvalue weighted by atomic mass is 35.5. The van der Waals surface area contributed by atoms with E-state index in [1.54, 1.807) is 24.5 Å². The number of rotatable bonds is 13. The minimum atomic E-state index is -4.26. The van der Waals surface area contributed by atoms with Crippen molar-refractivity contribution in [3.05, 3.63) is 64.5 Å². The van der Waals surface area contributed by atoms with Crippen molar-refractivity contribution in [3.8, 4) is 5.88 Å². The van der Waals surface area contributed by atoms with E-state index in [0.717, 1.165) is 15.9 Å². The van der Waals surface area contributed by atoms with Gasteiger partial charge in [0.1, 0.15) is 16.7 Å². The Labute approximate surface area is 238 Å². The van der Waals surface area contributed by atoms with E-state index in [9.17, 15) is 13.5 Å². The van der Waals surface area contributed by atoms with Gasteiger partial charge in [-0.2, -0.15) is 0 Å². The third kappa shape index (κ3) is 8.04. The van der Waals surface area contributed by atoms with Gasteiger partial charge in [0.15, 0.2) is 0 Å². The Balaban J connectivity index is 1.91. The highest BCUT2D eigenvalue weighted by Gasteiger charge is 2.32. The number of pyridine rings is 1. The first-order valence-electron chi connectivity index (χ1n) is 11.6. The van der Waals surface area contributed by atoms with Gasteiger partial charge in [0.25, 0.3) is 15.9 Å². The van der Waals surface area contributed by atoms with Gasteiger partial charge >= 0.3 is 0 Å². The Hall–Kier alpha value is -1.93. The van der Waals surface area contributed by atoms with Crippen molar-refractivity contribution in [2.24, 2.45) is 0 Å². The lowest BCUT2D eigenvalue weighted by Crippen LogP contribution is -2.35. The number of hydrogen-bond acceptors (Lipinski definition) is 9. The van der Waals surface area contributed by atoms with Crippen molar-refractivity contribution >= 4 is 58.9 Å². The maximum Gasteiger partial charge on any atom is 0.269 e. The van der Waals surface area contributed by atoms with E-state index in [0.29, 0.717) is 17.4 Å². The largest absolute Gasteiger partial charge is 0.478 e. The van der Waals surface area contributed by atoms with E-state index in [1.807, 2.05) is 0 Å². The number of sulfonamides is 1. The van der Waals surface area contributed by atoms with Crippen molar-refractivity contribution in [1.29, 1.82) is 0 Å². The van der Waals surface area contributed by atoms with Crippen LogP contribution in [0.2, 0.25) is 35.7 Å². The summed E-state index contributed by atoms with van der Waals surface area (Å²) < 4.78 is 39.7. The van der Waals surface area contributed by atoms with Crippen molar-refractivity contribution in [2.75, 3.05) is 30.5 Å². The summed E-state index contributed by atoms with van der Waals surface area (Å²) in [7, 11) is -4.30. The Bertz CT molecular complexity index is 1330.